The minimum absolute atomic E-state index is 0.0779. The SMILES string of the molecule is Cc1cccn2c(=O)cc(CN(C)c3ccccc3Oc3ccccc3)nc12. The van der Waals surface area contributed by atoms with Crippen molar-refractivity contribution in [3.05, 3.63) is 101 Å². The monoisotopic (exact) mass is 371 g/mol. The molecular weight excluding hydrogens is 350 g/mol. The first-order valence-corrected chi connectivity index (χ1v) is 9.13. The Bertz CT molecular complexity index is 1170. The topological polar surface area (TPSA) is 46.8 Å². The second-order valence-electron chi connectivity index (χ2n) is 6.71. The second kappa shape index (κ2) is 7.56. The van der Waals surface area contributed by atoms with E-state index >= 15 is 0 Å². The minimum atomic E-state index is -0.0779. The van der Waals surface area contributed by atoms with Gasteiger partial charge in [0.05, 0.1) is 17.9 Å². The van der Waals surface area contributed by atoms with Crippen LogP contribution in [-0.2, 0) is 6.54 Å². The third-order valence-corrected chi connectivity index (χ3v) is 4.59. The van der Waals surface area contributed by atoms with E-state index in [0.717, 1.165) is 28.4 Å². The third kappa shape index (κ3) is 3.60. The summed E-state index contributed by atoms with van der Waals surface area (Å²) in [4.78, 5) is 19.2. The lowest BCUT2D eigenvalue weighted by Gasteiger charge is -2.22. The van der Waals surface area contributed by atoms with Crippen LogP contribution in [0.2, 0.25) is 0 Å². The van der Waals surface area contributed by atoms with E-state index in [0.29, 0.717) is 12.2 Å². The van der Waals surface area contributed by atoms with Crippen molar-refractivity contribution in [3.8, 4) is 11.5 Å². The number of anilines is 1. The predicted molar refractivity (Wildman–Crippen MR) is 111 cm³/mol. The van der Waals surface area contributed by atoms with Crippen LogP contribution in [-0.4, -0.2) is 16.4 Å². The smallest absolute Gasteiger partial charge is 0.258 e. The van der Waals surface area contributed by atoms with Crippen LogP contribution >= 0.6 is 0 Å². The molecule has 4 rings (SSSR count). The molecule has 5 heteroatoms. The lowest BCUT2D eigenvalue weighted by Crippen LogP contribution is -2.22. The molecule has 4 aromatic rings. The Kier molecular flexibility index (Phi) is 4.81. The van der Waals surface area contributed by atoms with Gasteiger partial charge in [0.25, 0.3) is 5.56 Å². The summed E-state index contributed by atoms with van der Waals surface area (Å²) in [5.41, 5.74) is 3.23. The molecule has 0 radical (unpaired) electrons. The van der Waals surface area contributed by atoms with E-state index in [1.807, 2.05) is 85.6 Å². The van der Waals surface area contributed by atoms with Crippen molar-refractivity contribution in [2.24, 2.45) is 0 Å². The van der Waals surface area contributed by atoms with Crippen LogP contribution in [0.1, 0.15) is 11.3 Å². The average molecular weight is 371 g/mol. The number of ether oxygens (including phenoxy) is 1. The molecule has 0 spiro atoms. The Morgan fingerprint density at radius 3 is 2.57 bits per heavy atom. The summed E-state index contributed by atoms with van der Waals surface area (Å²) in [7, 11) is 1.97. The molecule has 0 unspecified atom stereocenters. The summed E-state index contributed by atoms with van der Waals surface area (Å²) in [5.74, 6) is 1.53. The van der Waals surface area contributed by atoms with E-state index in [4.69, 9.17) is 9.72 Å². The number of aryl methyl sites for hydroxylation is 1. The van der Waals surface area contributed by atoms with Gasteiger partial charge in [0, 0.05) is 19.3 Å². The summed E-state index contributed by atoms with van der Waals surface area (Å²) in [5, 5.41) is 0. The highest BCUT2D eigenvalue weighted by molar-refractivity contribution is 5.59. The molecule has 0 saturated carbocycles. The van der Waals surface area contributed by atoms with Crippen molar-refractivity contribution < 1.29 is 4.74 Å². The van der Waals surface area contributed by atoms with Crippen LogP contribution < -0.4 is 15.2 Å². The molecule has 0 aliphatic carbocycles. The lowest BCUT2D eigenvalue weighted by molar-refractivity contribution is 0.482. The van der Waals surface area contributed by atoms with Gasteiger partial charge in [-0.15, -0.1) is 0 Å². The van der Waals surface area contributed by atoms with Crippen LogP contribution in [0.25, 0.3) is 5.65 Å². The number of benzene rings is 2. The zero-order valence-electron chi connectivity index (χ0n) is 15.9. The van der Waals surface area contributed by atoms with E-state index < -0.39 is 0 Å². The summed E-state index contributed by atoms with van der Waals surface area (Å²) < 4.78 is 7.63. The van der Waals surface area contributed by atoms with Crippen molar-refractivity contribution in [1.82, 2.24) is 9.38 Å². The number of hydrogen-bond donors (Lipinski definition) is 0. The maximum atomic E-state index is 12.5. The predicted octanol–water partition coefficient (Wildman–Crippen LogP) is 4.43. The second-order valence-corrected chi connectivity index (χ2v) is 6.71. The molecule has 2 aromatic heterocycles. The Morgan fingerprint density at radius 1 is 1.00 bits per heavy atom. The van der Waals surface area contributed by atoms with Gasteiger partial charge in [-0.05, 0) is 42.8 Å². The van der Waals surface area contributed by atoms with E-state index in [1.165, 1.54) is 0 Å². The molecule has 5 nitrogen and oxygen atoms in total. The average Bonchev–Trinajstić information content (AvgIpc) is 2.70. The first-order chi connectivity index (χ1) is 13.6. The van der Waals surface area contributed by atoms with Crippen molar-refractivity contribution >= 4 is 11.3 Å². The maximum absolute atomic E-state index is 12.5. The van der Waals surface area contributed by atoms with Crippen LogP contribution in [0.4, 0.5) is 5.69 Å². The molecule has 0 saturated heterocycles. The number of hydrogen-bond acceptors (Lipinski definition) is 4. The van der Waals surface area contributed by atoms with Crippen molar-refractivity contribution in [2.75, 3.05) is 11.9 Å². The molecule has 0 atom stereocenters. The van der Waals surface area contributed by atoms with Gasteiger partial charge in [0.1, 0.15) is 11.4 Å². The van der Waals surface area contributed by atoms with Gasteiger partial charge < -0.3 is 9.64 Å². The summed E-state index contributed by atoms with van der Waals surface area (Å²) in [6, 6.07) is 22.9. The van der Waals surface area contributed by atoms with Gasteiger partial charge in [-0.25, -0.2) is 4.98 Å². The molecule has 0 aliphatic rings. The third-order valence-electron chi connectivity index (χ3n) is 4.59. The number of aromatic nitrogens is 2. The zero-order valence-corrected chi connectivity index (χ0v) is 15.9. The van der Waals surface area contributed by atoms with Gasteiger partial charge in [-0.3, -0.25) is 9.20 Å². The van der Waals surface area contributed by atoms with E-state index in [1.54, 1.807) is 16.7 Å². The first kappa shape index (κ1) is 17.8. The quantitative estimate of drug-likeness (QED) is 0.521. The molecule has 28 heavy (non-hydrogen) atoms. The van der Waals surface area contributed by atoms with E-state index in [9.17, 15) is 4.79 Å². The van der Waals surface area contributed by atoms with Gasteiger partial charge in [-0.2, -0.15) is 0 Å². The van der Waals surface area contributed by atoms with Crippen molar-refractivity contribution in [1.29, 1.82) is 0 Å². The molecule has 0 N–H and O–H groups in total. The Morgan fingerprint density at radius 2 is 1.75 bits per heavy atom. The van der Waals surface area contributed by atoms with E-state index in [2.05, 4.69) is 0 Å². The van der Waals surface area contributed by atoms with Crippen molar-refractivity contribution in [2.45, 2.75) is 13.5 Å². The van der Waals surface area contributed by atoms with Crippen LogP contribution in [0.3, 0.4) is 0 Å². The Balaban J connectivity index is 1.64. The maximum Gasteiger partial charge on any atom is 0.258 e. The molecule has 0 amide bonds. The lowest BCUT2D eigenvalue weighted by atomic mass is 10.2. The number of nitrogens with zero attached hydrogens (tertiary/aromatic N) is 3. The normalized spacial score (nSPS) is 10.8. The van der Waals surface area contributed by atoms with Gasteiger partial charge in [0.15, 0.2) is 5.75 Å². The van der Waals surface area contributed by atoms with E-state index in [-0.39, 0.29) is 5.56 Å². The minimum Gasteiger partial charge on any atom is -0.455 e. The van der Waals surface area contributed by atoms with Gasteiger partial charge in [-0.1, -0.05) is 36.4 Å². The molecule has 0 aliphatic heterocycles. The fraction of sp³-hybridized carbons (Fsp3) is 0.130. The fourth-order valence-corrected chi connectivity index (χ4v) is 3.19. The summed E-state index contributed by atoms with van der Waals surface area (Å²) >= 11 is 0. The first-order valence-electron chi connectivity index (χ1n) is 9.13. The van der Waals surface area contributed by atoms with Crippen LogP contribution in [0.15, 0.2) is 83.8 Å². The van der Waals surface area contributed by atoms with Crippen LogP contribution in [0.5, 0.6) is 11.5 Å². The molecule has 0 fully saturated rings. The van der Waals surface area contributed by atoms with Crippen LogP contribution in [0, 0.1) is 6.92 Å². The molecular formula is C23H21N3O2. The summed E-state index contributed by atoms with van der Waals surface area (Å²) in [6.07, 6.45) is 1.74. The van der Waals surface area contributed by atoms with Gasteiger partial charge >= 0.3 is 0 Å². The highest BCUT2D eigenvalue weighted by Gasteiger charge is 2.12. The zero-order chi connectivity index (χ0) is 19.5. The number of pyridine rings is 1. The summed E-state index contributed by atoms with van der Waals surface area (Å²) in [6.45, 7) is 2.45. The Labute approximate surface area is 163 Å². The number of fused-ring (bicyclic) bond motifs is 1. The Hall–Kier alpha value is -3.60. The highest BCUT2D eigenvalue weighted by atomic mass is 16.5. The highest BCUT2D eigenvalue weighted by Crippen LogP contribution is 2.32. The molecule has 140 valence electrons. The molecule has 2 heterocycles. The van der Waals surface area contributed by atoms with Gasteiger partial charge in [0.2, 0.25) is 0 Å². The standard InChI is InChI=1S/C23H21N3O2/c1-17-9-8-14-26-22(27)15-18(24-23(17)26)16-25(2)20-12-6-7-13-21(20)28-19-10-4-3-5-11-19/h3-15H,16H2,1-2H3. The fourth-order valence-electron chi connectivity index (χ4n) is 3.19. The van der Waals surface area contributed by atoms with Crippen molar-refractivity contribution in [3.63, 3.8) is 0 Å². The largest absolute Gasteiger partial charge is 0.455 e. The number of para-hydroxylation sites is 3. The number of rotatable bonds is 5. The molecule has 0 bridgehead atoms. The molecule has 2 aromatic carbocycles.